The van der Waals surface area contributed by atoms with Crippen molar-refractivity contribution in [2.24, 2.45) is 0 Å². The molecule has 5 nitrogen and oxygen atoms in total. The molecule has 6 heteroatoms. The summed E-state index contributed by atoms with van der Waals surface area (Å²) in [5, 5.41) is 2.58. The number of nitrogens with one attached hydrogen (secondary N) is 1. The van der Waals surface area contributed by atoms with E-state index in [-0.39, 0.29) is 17.2 Å². The predicted molar refractivity (Wildman–Crippen MR) is 79.6 cm³/mol. The smallest absolute Gasteiger partial charge is 0.266 e. The molecule has 1 N–H and O–H groups in total. The second-order valence-electron chi connectivity index (χ2n) is 4.23. The zero-order valence-electron chi connectivity index (χ0n) is 10.9. The topological polar surface area (TPSA) is 62.3 Å². The summed E-state index contributed by atoms with van der Waals surface area (Å²) in [6.45, 7) is 5.67. The molecule has 1 saturated heterocycles. The molecule has 0 unspecified atom stereocenters. The third-order valence-electron chi connectivity index (χ3n) is 2.83. The lowest BCUT2D eigenvalue weighted by molar-refractivity contribution is -0.128. The number of rotatable bonds is 3. The van der Waals surface area contributed by atoms with Gasteiger partial charge in [0.15, 0.2) is 5.11 Å². The molecule has 0 saturated carbocycles. The van der Waals surface area contributed by atoms with Gasteiger partial charge < -0.3 is 0 Å². The van der Waals surface area contributed by atoms with Crippen LogP contribution in [0.1, 0.15) is 11.3 Å². The van der Waals surface area contributed by atoms with Crippen LogP contribution in [0.15, 0.2) is 36.6 Å². The minimum atomic E-state index is -0.509. The maximum absolute atomic E-state index is 12.3. The number of nitrogens with zero attached hydrogens (tertiary/aromatic N) is 2. The quantitative estimate of drug-likeness (QED) is 0.393. The van der Waals surface area contributed by atoms with Crippen molar-refractivity contribution in [2.75, 3.05) is 6.54 Å². The van der Waals surface area contributed by atoms with Crippen LogP contribution >= 0.6 is 12.2 Å². The van der Waals surface area contributed by atoms with Crippen LogP contribution in [0.4, 0.5) is 0 Å². The Bertz CT molecular complexity index is 637. The van der Waals surface area contributed by atoms with Gasteiger partial charge in [-0.2, -0.15) is 0 Å². The average Bonchev–Trinajstić information content (AvgIpc) is 2.41. The van der Waals surface area contributed by atoms with Crippen LogP contribution in [0.5, 0.6) is 0 Å². The molecule has 0 atom stereocenters. The SMILES string of the molecule is C=CCN1C(=O)C(=Cc2ncccc2C)C(=O)NC1=S. The summed E-state index contributed by atoms with van der Waals surface area (Å²) in [6, 6.07) is 3.65. The molecule has 2 rings (SSSR count). The molecule has 0 aliphatic carbocycles. The van der Waals surface area contributed by atoms with E-state index in [1.807, 2.05) is 13.0 Å². The Balaban J connectivity index is 2.42. The van der Waals surface area contributed by atoms with E-state index in [9.17, 15) is 9.59 Å². The fourth-order valence-corrected chi connectivity index (χ4v) is 2.02. The number of hydrogen-bond donors (Lipinski definition) is 1. The summed E-state index contributed by atoms with van der Waals surface area (Å²) in [5.74, 6) is -0.950. The van der Waals surface area contributed by atoms with Gasteiger partial charge in [-0.05, 0) is 36.8 Å². The summed E-state index contributed by atoms with van der Waals surface area (Å²) < 4.78 is 0. The van der Waals surface area contributed by atoms with E-state index in [2.05, 4.69) is 16.9 Å². The van der Waals surface area contributed by atoms with Crippen molar-refractivity contribution >= 4 is 35.2 Å². The molecule has 0 bridgehead atoms. The number of aryl methyl sites for hydroxylation is 1. The molecule has 102 valence electrons. The van der Waals surface area contributed by atoms with Gasteiger partial charge in [0, 0.05) is 12.7 Å². The Kier molecular flexibility index (Phi) is 4.05. The second-order valence-corrected chi connectivity index (χ2v) is 4.61. The summed E-state index contributed by atoms with van der Waals surface area (Å²) in [5.41, 5.74) is 1.48. The number of thiocarbonyl (C=S) groups is 1. The molecular weight excluding hydrogens is 274 g/mol. The fourth-order valence-electron chi connectivity index (χ4n) is 1.77. The highest BCUT2D eigenvalue weighted by atomic mass is 32.1. The maximum Gasteiger partial charge on any atom is 0.266 e. The van der Waals surface area contributed by atoms with Crippen molar-refractivity contribution in [2.45, 2.75) is 6.92 Å². The van der Waals surface area contributed by atoms with E-state index in [0.29, 0.717) is 5.69 Å². The fraction of sp³-hybridized carbons (Fsp3) is 0.143. The van der Waals surface area contributed by atoms with Gasteiger partial charge >= 0.3 is 0 Å². The number of aromatic nitrogens is 1. The molecule has 20 heavy (non-hydrogen) atoms. The van der Waals surface area contributed by atoms with E-state index in [1.165, 1.54) is 11.0 Å². The van der Waals surface area contributed by atoms with Crippen LogP contribution in [0.2, 0.25) is 0 Å². The minimum absolute atomic E-state index is 0.0160. The zero-order chi connectivity index (χ0) is 14.7. The van der Waals surface area contributed by atoms with Crippen molar-refractivity contribution in [1.82, 2.24) is 15.2 Å². The van der Waals surface area contributed by atoms with Gasteiger partial charge in [-0.25, -0.2) is 0 Å². The third kappa shape index (κ3) is 2.65. The summed E-state index contributed by atoms with van der Waals surface area (Å²) in [7, 11) is 0. The first kappa shape index (κ1) is 14.1. The highest BCUT2D eigenvalue weighted by Crippen LogP contribution is 2.15. The lowest BCUT2D eigenvalue weighted by Gasteiger charge is -2.27. The van der Waals surface area contributed by atoms with Crippen molar-refractivity contribution in [3.05, 3.63) is 47.8 Å². The number of carbonyl (C=O) groups excluding carboxylic acids is 2. The van der Waals surface area contributed by atoms with E-state index in [0.717, 1.165) is 5.56 Å². The van der Waals surface area contributed by atoms with Gasteiger partial charge in [0.25, 0.3) is 11.8 Å². The first-order chi connectivity index (χ1) is 9.54. The molecule has 0 spiro atoms. The van der Waals surface area contributed by atoms with Gasteiger partial charge in [0.2, 0.25) is 0 Å². The molecule has 2 amide bonds. The first-order valence-electron chi connectivity index (χ1n) is 5.96. The van der Waals surface area contributed by atoms with E-state index >= 15 is 0 Å². The van der Waals surface area contributed by atoms with E-state index < -0.39 is 11.8 Å². The van der Waals surface area contributed by atoms with Gasteiger partial charge in [0.1, 0.15) is 5.57 Å². The van der Waals surface area contributed by atoms with Gasteiger partial charge in [-0.3, -0.25) is 24.8 Å². The monoisotopic (exact) mass is 287 g/mol. The lowest BCUT2D eigenvalue weighted by Crippen LogP contribution is -2.53. The van der Waals surface area contributed by atoms with Gasteiger partial charge in [0.05, 0.1) is 5.69 Å². The lowest BCUT2D eigenvalue weighted by atomic mass is 10.1. The molecular formula is C14H13N3O2S. The molecule has 1 fully saturated rings. The van der Waals surface area contributed by atoms with Crippen LogP contribution in [0, 0.1) is 6.92 Å². The predicted octanol–water partition coefficient (Wildman–Crippen LogP) is 1.20. The number of carbonyl (C=O) groups is 2. The Morgan fingerprint density at radius 1 is 1.50 bits per heavy atom. The first-order valence-corrected chi connectivity index (χ1v) is 6.37. The third-order valence-corrected chi connectivity index (χ3v) is 3.15. The Morgan fingerprint density at radius 2 is 2.25 bits per heavy atom. The molecule has 0 radical (unpaired) electrons. The molecule has 2 heterocycles. The largest absolute Gasteiger partial charge is 0.298 e. The normalized spacial score (nSPS) is 17.4. The molecule has 0 aromatic carbocycles. The number of pyridine rings is 1. The highest BCUT2D eigenvalue weighted by molar-refractivity contribution is 7.80. The second kappa shape index (κ2) is 5.75. The van der Waals surface area contributed by atoms with Crippen molar-refractivity contribution in [3.63, 3.8) is 0 Å². The van der Waals surface area contributed by atoms with E-state index in [1.54, 1.807) is 18.3 Å². The number of hydrogen-bond acceptors (Lipinski definition) is 4. The molecule has 1 aliphatic rings. The molecule has 1 aromatic rings. The summed E-state index contributed by atoms with van der Waals surface area (Å²) in [6.07, 6.45) is 4.63. The Hall–Kier alpha value is -2.34. The Labute approximate surface area is 122 Å². The van der Waals surface area contributed by atoms with Crippen molar-refractivity contribution in [3.8, 4) is 0 Å². The van der Waals surface area contributed by atoms with Crippen LogP contribution in [0.3, 0.4) is 0 Å². The zero-order valence-corrected chi connectivity index (χ0v) is 11.7. The highest BCUT2D eigenvalue weighted by Gasteiger charge is 2.32. The Morgan fingerprint density at radius 3 is 2.90 bits per heavy atom. The molecule has 1 aliphatic heterocycles. The van der Waals surface area contributed by atoms with E-state index in [4.69, 9.17) is 12.2 Å². The van der Waals surface area contributed by atoms with Crippen molar-refractivity contribution in [1.29, 1.82) is 0 Å². The van der Waals surface area contributed by atoms with Gasteiger partial charge in [-0.15, -0.1) is 6.58 Å². The maximum atomic E-state index is 12.3. The van der Waals surface area contributed by atoms with Crippen LogP contribution in [-0.4, -0.2) is 33.4 Å². The van der Waals surface area contributed by atoms with Crippen LogP contribution < -0.4 is 5.32 Å². The van der Waals surface area contributed by atoms with Gasteiger partial charge in [-0.1, -0.05) is 12.1 Å². The summed E-state index contributed by atoms with van der Waals surface area (Å²) in [4.78, 5) is 29.6. The van der Waals surface area contributed by atoms with Crippen molar-refractivity contribution < 1.29 is 9.59 Å². The summed E-state index contributed by atoms with van der Waals surface area (Å²) >= 11 is 4.97. The standard InChI is InChI=1S/C14H13N3O2S/c1-3-7-17-13(19)10(12(18)16-14(17)20)8-11-9(2)5-4-6-15-11/h3-6,8H,1,7H2,2H3,(H,16,18,20). The molecule has 1 aromatic heterocycles. The van der Waals surface area contributed by atoms with Crippen LogP contribution in [-0.2, 0) is 9.59 Å². The number of amides is 2. The minimum Gasteiger partial charge on any atom is -0.298 e. The van der Waals surface area contributed by atoms with Crippen LogP contribution in [0.25, 0.3) is 6.08 Å². The average molecular weight is 287 g/mol.